The molecule has 1 heterocycles. The number of hydrogen-bond donors (Lipinski definition) is 1. The van der Waals surface area contributed by atoms with Crippen molar-refractivity contribution in [1.82, 2.24) is 9.88 Å². The summed E-state index contributed by atoms with van der Waals surface area (Å²) in [5, 5.41) is 0. The van der Waals surface area contributed by atoms with Crippen LogP contribution in [0.25, 0.3) is 0 Å². The molecule has 0 aliphatic carbocycles. The van der Waals surface area contributed by atoms with E-state index in [-0.39, 0.29) is 0 Å². The Kier molecular flexibility index (Phi) is 4.55. The molecule has 0 aromatic carbocycles. The quantitative estimate of drug-likeness (QED) is 0.817. The molecular formula is C12H22N4. The molecule has 1 rings (SSSR count). The normalized spacial score (nSPS) is 10.8. The van der Waals surface area contributed by atoms with E-state index in [4.69, 9.17) is 5.73 Å². The molecule has 4 heteroatoms. The van der Waals surface area contributed by atoms with E-state index in [1.165, 1.54) is 0 Å². The summed E-state index contributed by atoms with van der Waals surface area (Å²) in [5.74, 6) is 0.888. The molecule has 0 spiro atoms. The zero-order chi connectivity index (χ0) is 12.1. The van der Waals surface area contributed by atoms with Crippen LogP contribution in [0.4, 0.5) is 11.5 Å². The van der Waals surface area contributed by atoms with Crippen LogP contribution in [-0.2, 0) is 0 Å². The average Bonchev–Trinajstić information content (AvgIpc) is 2.21. The molecule has 4 nitrogen and oxygen atoms in total. The minimum atomic E-state index is 0.748. The van der Waals surface area contributed by atoms with Gasteiger partial charge in [-0.1, -0.05) is 0 Å². The Bertz CT molecular complexity index is 336. The van der Waals surface area contributed by atoms with Crippen LogP contribution >= 0.6 is 0 Å². The number of nitrogen functional groups attached to an aromatic ring is 1. The van der Waals surface area contributed by atoms with E-state index in [0.717, 1.165) is 36.7 Å². The fourth-order valence-corrected chi connectivity index (χ4v) is 1.59. The highest BCUT2D eigenvalue weighted by atomic mass is 15.2. The Morgan fingerprint density at radius 1 is 1.19 bits per heavy atom. The molecule has 1 aromatic rings. The smallest absolute Gasteiger partial charge is 0.151 e. The molecule has 0 aliphatic heterocycles. The molecule has 0 fully saturated rings. The molecule has 16 heavy (non-hydrogen) atoms. The second kappa shape index (κ2) is 5.70. The van der Waals surface area contributed by atoms with Crippen molar-refractivity contribution in [2.75, 3.05) is 44.9 Å². The summed E-state index contributed by atoms with van der Waals surface area (Å²) in [6.45, 7) is 4.03. The molecule has 0 unspecified atom stereocenters. The van der Waals surface area contributed by atoms with Gasteiger partial charge in [0.1, 0.15) is 0 Å². The van der Waals surface area contributed by atoms with Gasteiger partial charge in [-0.15, -0.1) is 0 Å². The van der Waals surface area contributed by atoms with Gasteiger partial charge in [0.2, 0.25) is 0 Å². The predicted molar refractivity (Wildman–Crippen MR) is 69.8 cm³/mol. The molecule has 0 saturated heterocycles. The summed E-state index contributed by atoms with van der Waals surface area (Å²) in [7, 11) is 6.20. The van der Waals surface area contributed by atoms with Gasteiger partial charge >= 0.3 is 0 Å². The third-order valence-corrected chi connectivity index (χ3v) is 2.50. The zero-order valence-electron chi connectivity index (χ0n) is 10.7. The maximum Gasteiger partial charge on any atom is 0.151 e. The van der Waals surface area contributed by atoms with E-state index in [2.05, 4.69) is 28.9 Å². The van der Waals surface area contributed by atoms with Gasteiger partial charge in [-0.3, -0.25) is 0 Å². The van der Waals surface area contributed by atoms with E-state index in [0.29, 0.717) is 0 Å². The van der Waals surface area contributed by atoms with E-state index in [1.807, 2.05) is 26.1 Å². The Morgan fingerprint density at radius 2 is 1.88 bits per heavy atom. The number of rotatable bonds is 5. The van der Waals surface area contributed by atoms with Crippen molar-refractivity contribution in [2.45, 2.75) is 13.3 Å². The lowest BCUT2D eigenvalue weighted by atomic mass is 10.3. The first-order valence-electron chi connectivity index (χ1n) is 5.59. The summed E-state index contributed by atoms with van der Waals surface area (Å²) in [5.41, 5.74) is 7.66. The van der Waals surface area contributed by atoms with Crippen LogP contribution in [-0.4, -0.2) is 44.1 Å². The molecule has 0 aliphatic rings. The maximum atomic E-state index is 5.91. The summed E-state index contributed by atoms with van der Waals surface area (Å²) in [6, 6.07) is 3.85. The van der Waals surface area contributed by atoms with Gasteiger partial charge in [0.15, 0.2) is 5.82 Å². The Hall–Kier alpha value is -1.29. The molecule has 0 amide bonds. The lowest BCUT2D eigenvalue weighted by Gasteiger charge is -2.21. The number of anilines is 2. The highest BCUT2D eigenvalue weighted by Crippen LogP contribution is 2.19. The van der Waals surface area contributed by atoms with Crippen molar-refractivity contribution in [1.29, 1.82) is 0 Å². The van der Waals surface area contributed by atoms with E-state index in [9.17, 15) is 0 Å². The lowest BCUT2D eigenvalue weighted by Crippen LogP contribution is -2.25. The van der Waals surface area contributed by atoms with Crippen molar-refractivity contribution >= 4 is 11.5 Å². The van der Waals surface area contributed by atoms with Crippen LogP contribution in [0, 0.1) is 6.92 Å². The number of pyridine rings is 1. The van der Waals surface area contributed by atoms with Crippen LogP contribution in [0.15, 0.2) is 12.1 Å². The van der Waals surface area contributed by atoms with Crippen LogP contribution < -0.4 is 10.6 Å². The number of nitrogens with two attached hydrogens (primary N) is 1. The number of hydrogen-bond acceptors (Lipinski definition) is 4. The molecule has 1 aromatic heterocycles. The highest BCUT2D eigenvalue weighted by Gasteiger charge is 2.06. The summed E-state index contributed by atoms with van der Waals surface area (Å²) in [4.78, 5) is 8.76. The molecule has 2 N–H and O–H groups in total. The standard InChI is InChI=1S/C12H22N4/c1-10-6-7-11(13)12(14-10)16(4)9-5-8-15(2)3/h6-7H,5,8-9,13H2,1-4H3. The molecule has 0 saturated carbocycles. The fourth-order valence-electron chi connectivity index (χ4n) is 1.59. The second-order valence-electron chi connectivity index (χ2n) is 4.44. The first-order valence-corrected chi connectivity index (χ1v) is 5.59. The molecular weight excluding hydrogens is 200 g/mol. The van der Waals surface area contributed by atoms with Gasteiger partial charge in [-0.05, 0) is 46.1 Å². The van der Waals surface area contributed by atoms with Crippen molar-refractivity contribution < 1.29 is 0 Å². The number of aromatic nitrogens is 1. The van der Waals surface area contributed by atoms with Gasteiger partial charge in [-0.2, -0.15) is 0 Å². The van der Waals surface area contributed by atoms with Crippen LogP contribution in [0.1, 0.15) is 12.1 Å². The number of aryl methyl sites for hydroxylation is 1. The molecule has 0 radical (unpaired) electrons. The van der Waals surface area contributed by atoms with Gasteiger partial charge in [-0.25, -0.2) is 4.98 Å². The Labute approximate surface area is 98.1 Å². The van der Waals surface area contributed by atoms with Crippen LogP contribution in [0.5, 0.6) is 0 Å². The van der Waals surface area contributed by atoms with E-state index < -0.39 is 0 Å². The maximum absolute atomic E-state index is 5.91. The Morgan fingerprint density at radius 3 is 2.50 bits per heavy atom. The fraction of sp³-hybridized carbons (Fsp3) is 0.583. The minimum absolute atomic E-state index is 0.748. The topological polar surface area (TPSA) is 45.4 Å². The van der Waals surface area contributed by atoms with Crippen molar-refractivity contribution in [3.8, 4) is 0 Å². The van der Waals surface area contributed by atoms with Gasteiger partial charge in [0, 0.05) is 19.3 Å². The SMILES string of the molecule is Cc1ccc(N)c(N(C)CCCN(C)C)n1. The lowest BCUT2D eigenvalue weighted by molar-refractivity contribution is 0.401. The Balaban J connectivity index is 2.58. The summed E-state index contributed by atoms with van der Waals surface area (Å²) < 4.78 is 0. The highest BCUT2D eigenvalue weighted by molar-refractivity contribution is 5.62. The van der Waals surface area contributed by atoms with E-state index in [1.54, 1.807) is 0 Å². The predicted octanol–water partition coefficient (Wildman–Crippen LogP) is 1.36. The largest absolute Gasteiger partial charge is 0.396 e. The first-order chi connectivity index (χ1) is 7.50. The minimum Gasteiger partial charge on any atom is -0.396 e. The van der Waals surface area contributed by atoms with Crippen molar-refractivity contribution in [3.63, 3.8) is 0 Å². The number of nitrogens with zero attached hydrogens (tertiary/aromatic N) is 3. The van der Waals surface area contributed by atoms with Gasteiger partial charge in [0.05, 0.1) is 5.69 Å². The monoisotopic (exact) mass is 222 g/mol. The molecule has 90 valence electrons. The third kappa shape index (κ3) is 3.70. The van der Waals surface area contributed by atoms with Crippen LogP contribution in [0.3, 0.4) is 0 Å². The van der Waals surface area contributed by atoms with Gasteiger partial charge < -0.3 is 15.5 Å². The molecule has 0 atom stereocenters. The van der Waals surface area contributed by atoms with Gasteiger partial charge in [0.25, 0.3) is 0 Å². The van der Waals surface area contributed by atoms with E-state index >= 15 is 0 Å². The summed E-state index contributed by atoms with van der Waals surface area (Å²) >= 11 is 0. The summed E-state index contributed by atoms with van der Waals surface area (Å²) in [6.07, 6.45) is 1.11. The van der Waals surface area contributed by atoms with Crippen molar-refractivity contribution in [3.05, 3.63) is 17.8 Å². The molecule has 0 bridgehead atoms. The third-order valence-electron chi connectivity index (χ3n) is 2.50. The second-order valence-corrected chi connectivity index (χ2v) is 4.44. The zero-order valence-corrected chi connectivity index (χ0v) is 10.7. The van der Waals surface area contributed by atoms with Crippen LogP contribution in [0.2, 0.25) is 0 Å². The van der Waals surface area contributed by atoms with Crippen molar-refractivity contribution in [2.24, 2.45) is 0 Å². The average molecular weight is 222 g/mol. The first kappa shape index (κ1) is 12.8.